The molecular formula is C32H32N8O5S. The molecule has 0 unspecified atom stereocenters. The molecule has 4 aromatic rings. The maximum Gasteiger partial charge on any atom is 0.411 e. The molecule has 1 atom stereocenters. The third-order valence-electron chi connectivity index (χ3n) is 6.98. The van der Waals surface area contributed by atoms with Crippen LogP contribution in [-0.2, 0) is 25.8 Å². The van der Waals surface area contributed by atoms with E-state index in [1.165, 1.54) is 13.2 Å². The number of hydrazine groups is 2. The fourth-order valence-electron chi connectivity index (χ4n) is 4.76. The maximum atomic E-state index is 13.4. The SMILES string of the molecule is COC(=O)Nc1ccc(-c2cc([C@H](Cc3ccccc3)NC(=O)/C=C/c3cc(C)ccc3N3C=NNN3)nnc2S(C)(=O)=O)cc1. The molecule has 1 aliphatic rings. The number of carbonyl (C=O) groups is 2. The van der Waals surface area contributed by atoms with Gasteiger partial charge >= 0.3 is 6.09 Å². The molecule has 2 amide bonds. The van der Waals surface area contributed by atoms with Gasteiger partial charge in [-0.2, -0.15) is 10.2 Å². The van der Waals surface area contributed by atoms with Crippen molar-refractivity contribution in [3.05, 3.63) is 107 Å². The predicted molar refractivity (Wildman–Crippen MR) is 175 cm³/mol. The summed E-state index contributed by atoms with van der Waals surface area (Å²) in [6.07, 6.45) is 5.51. The molecule has 0 bridgehead atoms. The van der Waals surface area contributed by atoms with Crippen LogP contribution in [0.3, 0.4) is 0 Å². The highest BCUT2D eigenvalue weighted by Crippen LogP contribution is 2.30. The van der Waals surface area contributed by atoms with Gasteiger partial charge in [0.1, 0.15) is 6.34 Å². The third kappa shape index (κ3) is 7.91. The van der Waals surface area contributed by atoms with E-state index in [4.69, 9.17) is 0 Å². The van der Waals surface area contributed by atoms with E-state index in [1.54, 1.807) is 47.8 Å². The van der Waals surface area contributed by atoms with Gasteiger partial charge in [-0.15, -0.1) is 10.6 Å². The van der Waals surface area contributed by atoms with Crippen LogP contribution in [0.4, 0.5) is 16.2 Å². The Morgan fingerprint density at radius 3 is 2.46 bits per heavy atom. The average molecular weight is 641 g/mol. The Labute approximate surface area is 266 Å². The summed E-state index contributed by atoms with van der Waals surface area (Å²) in [6, 6.07) is 22.9. The van der Waals surface area contributed by atoms with Gasteiger partial charge in [0.15, 0.2) is 14.9 Å². The second-order valence-corrected chi connectivity index (χ2v) is 12.4. The van der Waals surface area contributed by atoms with E-state index in [9.17, 15) is 18.0 Å². The standard InChI is InChI=1S/C32H32N8O5S/c1-21-9-15-29(40-20-33-38-39-40)24(17-21)12-16-30(41)35-27(18-22-7-5-4-6-8-22)28-19-26(31(37-36-28)46(3,43)44)23-10-13-25(14-11-23)34-32(42)45-2/h4-17,19-20,27,38-39H,18H2,1-3H3,(H,34,42)(H,35,41)/b16-12+/t27-/m0/s1. The Kier molecular flexibility index (Phi) is 9.69. The molecule has 0 radical (unpaired) electrons. The first-order valence-electron chi connectivity index (χ1n) is 14.1. The van der Waals surface area contributed by atoms with Crippen LogP contribution in [0.1, 0.15) is 28.4 Å². The number of nitrogens with one attached hydrogen (secondary N) is 4. The Hall–Kier alpha value is -5.60. The molecule has 14 heteroatoms. The monoisotopic (exact) mass is 640 g/mol. The topological polar surface area (TPSA) is 167 Å². The predicted octanol–water partition coefficient (Wildman–Crippen LogP) is 3.92. The van der Waals surface area contributed by atoms with Gasteiger partial charge in [-0.05, 0) is 60.9 Å². The number of hydrogen-bond acceptors (Lipinski definition) is 11. The van der Waals surface area contributed by atoms with Gasteiger partial charge in [0, 0.05) is 29.1 Å². The maximum absolute atomic E-state index is 13.4. The zero-order chi connectivity index (χ0) is 32.7. The number of hydrogen-bond donors (Lipinski definition) is 4. The summed E-state index contributed by atoms with van der Waals surface area (Å²) >= 11 is 0. The molecule has 46 heavy (non-hydrogen) atoms. The number of benzene rings is 3. The Morgan fingerprint density at radius 1 is 1.02 bits per heavy atom. The molecule has 2 heterocycles. The van der Waals surface area contributed by atoms with E-state index < -0.39 is 22.0 Å². The van der Waals surface area contributed by atoms with Crippen molar-refractivity contribution < 1.29 is 22.7 Å². The molecule has 3 aromatic carbocycles. The van der Waals surface area contributed by atoms with E-state index in [1.807, 2.05) is 55.5 Å². The van der Waals surface area contributed by atoms with Crippen molar-refractivity contribution in [1.82, 2.24) is 26.6 Å². The highest BCUT2D eigenvalue weighted by molar-refractivity contribution is 7.90. The zero-order valence-corrected chi connectivity index (χ0v) is 26.1. The number of sulfone groups is 1. The average Bonchev–Trinajstić information content (AvgIpc) is 3.58. The second kappa shape index (κ2) is 14.0. The van der Waals surface area contributed by atoms with E-state index >= 15 is 0 Å². The number of aromatic nitrogens is 2. The highest BCUT2D eigenvalue weighted by Gasteiger charge is 2.23. The first-order chi connectivity index (χ1) is 22.1. The van der Waals surface area contributed by atoms with Gasteiger partial charge in [-0.1, -0.05) is 54.1 Å². The molecule has 0 saturated heterocycles. The lowest BCUT2D eigenvalue weighted by atomic mass is 10.00. The van der Waals surface area contributed by atoms with Crippen molar-refractivity contribution in [3.63, 3.8) is 0 Å². The van der Waals surface area contributed by atoms with Crippen molar-refractivity contribution in [2.75, 3.05) is 23.7 Å². The molecule has 0 saturated carbocycles. The first kappa shape index (κ1) is 31.8. The summed E-state index contributed by atoms with van der Waals surface area (Å²) in [6.45, 7) is 1.96. The highest BCUT2D eigenvalue weighted by atomic mass is 32.2. The summed E-state index contributed by atoms with van der Waals surface area (Å²) < 4.78 is 30.1. The molecule has 5 rings (SSSR count). The molecule has 1 aromatic heterocycles. The van der Waals surface area contributed by atoms with E-state index in [2.05, 4.69) is 41.7 Å². The number of rotatable bonds is 10. The van der Waals surface area contributed by atoms with Gasteiger partial charge in [-0.25, -0.2) is 23.8 Å². The molecule has 13 nitrogen and oxygen atoms in total. The summed E-state index contributed by atoms with van der Waals surface area (Å²) in [5.41, 5.74) is 10.7. The van der Waals surface area contributed by atoms with E-state index in [0.717, 1.165) is 28.6 Å². The minimum Gasteiger partial charge on any atom is -0.453 e. The minimum absolute atomic E-state index is 0.213. The summed E-state index contributed by atoms with van der Waals surface area (Å²) in [5, 5.41) is 19.4. The van der Waals surface area contributed by atoms with E-state index in [-0.39, 0.29) is 10.9 Å². The number of ether oxygens (including phenoxy) is 1. The van der Waals surface area contributed by atoms with Crippen LogP contribution < -0.4 is 26.7 Å². The summed E-state index contributed by atoms with van der Waals surface area (Å²) in [7, 11) is -2.52. The molecular weight excluding hydrogens is 608 g/mol. The van der Waals surface area contributed by atoms with Crippen LogP contribution in [0.15, 0.2) is 95.1 Å². The van der Waals surface area contributed by atoms with Crippen molar-refractivity contribution in [1.29, 1.82) is 0 Å². The van der Waals surface area contributed by atoms with Crippen molar-refractivity contribution in [2.45, 2.75) is 24.4 Å². The lowest BCUT2D eigenvalue weighted by Gasteiger charge is -2.19. The fourth-order valence-corrected chi connectivity index (χ4v) is 5.53. The van der Waals surface area contributed by atoms with Crippen molar-refractivity contribution >= 4 is 45.6 Å². The zero-order valence-electron chi connectivity index (χ0n) is 25.3. The van der Waals surface area contributed by atoms with Gasteiger partial charge < -0.3 is 10.1 Å². The summed E-state index contributed by atoms with van der Waals surface area (Å²) in [4.78, 5) is 25.0. The van der Waals surface area contributed by atoms with Crippen molar-refractivity contribution in [2.24, 2.45) is 5.10 Å². The molecule has 4 N–H and O–H groups in total. The second-order valence-electron chi connectivity index (χ2n) is 10.4. The fraction of sp³-hybridized carbons (Fsp3) is 0.156. The number of anilines is 2. The quantitative estimate of drug-likeness (QED) is 0.187. The van der Waals surface area contributed by atoms with Gasteiger partial charge in [-0.3, -0.25) is 10.1 Å². The molecule has 0 aliphatic carbocycles. The lowest BCUT2D eigenvalue weighted by Crippen LogP contribution is -2.37. The Bertz CT molecular complexity index is 1900. The minimum atomic E-state index is -3.78. The Morgan fingerprint density at radius 2 is 1.78 bits per heavy atom. The number of aryl methyl sites for hydroxylation is 1. The van der Waals surface area contributed by atoms with Crippen LogP contribution >= 0.6 is 0 Å². The lowest BCUT2D eigenvalue weighted by molar-refractivity contribution is -0.117. The molecule has 236 valence electrons. The number of carbonyl (C=O) groups excluding carboxylic acids is 2. The van der Waals surface area contributed by atoms with Crippen LogP contribution in [0, 0.1) is 6.92 Å². The number of hydrazone groups is 1. The number of amides is 2. The van der Waals surface area contributed by atoms with Gasteiger partial charge in [0.25, 0.3) is 0 Å². The smallest absolute Gasteiger partial charge is 0.411 e. The van der Waals surface area contributed by atoms with Crippen LogP contribution in [0.25, 0.3) is 17.2 Å². The largest absolute Gasteiger partial charge is 0.453 e. The van der Waals surface area contributed by atoms with Crippen LogP contribution in [0.5, 0.6) is 0 Å². The summed E-state index contributed by atoms with van der Waals surface area (Å²) in [5.74, 6) is -0.386. The van der Waals surface area contributed by atoms with Gasteiger partial charge in [0.2, 0.25) is 5.91 Å². The van der Waals surface area contributed by atoms with Crippen LogP contribution in [0.2, 0.25) is 0 Å². The Balaban J connectivity index is 1.48. The molecule has 1 aliphatic heterocycles. The third-order valence-corrected chi connectivity index (χ3v) is 7.98. The van der Waals surface area contributed by atoms with E-state index in [0.29, 0.717) is 28.9 Å². The number of nitrogens with zero attached hydrogens (tertiary/aromatic N) is 4. The first-order valence-corrected chi connectivity index (χ1v) is 16.0. The van der Waals surface area contributed by atoms with Crippen molar-refractivity contribution in [3.8, 4) is 11.1 Å². The normalized spacial score (nSPS) is 13.3. The molecule has 0 fully saturated rings. The molecule has 0 spiro atoms. The number of methoxy groups -OCH3 is 1. The van der Waals surface area contributed by atoms with Crippen LogP contribution in [-0.4, -0.2) is 50.3 Å². The van der Waals surface area contributed by atoms with Gasteiger partial charge in [0.05, 0.1) is 24.5 Å².